The molecule has 2 fully saturated rings. The minimum absolute atomic E-state index is 0.345. The van der Waals surface area contributed by atoms with Crippen LogP contribution in [0.5, 0.6) is 11.6 Å². The maximum absolute atomic E-state index is 11.3. The Balaban J connectivity index is 0.000000266. The monoisotopic (exact) mass is 801 g/mol. The van der Waals surface area contributed by atoms with Crippen molar-refractivity contribution in [1.82, 2.24) is 19.8 Å². The van der Waals surface area contributed by atoms with E-state index in [0.717, 1.165) is 96.5 Å². The molecular formula is C47H68ClN5O4. The molecule has 9 nitrogen and oxygen atoms in total. The largest absolute Gasteiger partial charge is 0.507 e. The summed E-state index contributed by atoms with van der Waals surface area (Å²) in [5, 5.41) is 25.1. The number of aromatic hydroxyl groups is 1. The number of halogens is 1. The van der Waals surface area contributed by atoms with Gasteiger partial charge >= 0.3 is 5.97 Å². The average molecular weight is 803 g/mol. The number of likely N-dealkylation sites (tertiary alicyclic amines) is 2. The van der Waals surface area contributed by atoms with E-state index in [0.29, 0.717) is 23.1 Å². The first-order valence-corrected chi connectivity index (χ1v) is 22.4. The number of carbonyl (C=O) groups is 1. The topological polar surface area (TPSA) is 111 Å². The van der Waals surface area contributed by atoms with Crippen LogP contribution < -0.4 is 10.1 Å². The first-order chi connectivity index (χ1) is 27.8. The number of aliphatic carboxylic acids is 1. The number of carboxylic acids is 1. The molecule has 0 spiro atoms. The highest BCUT2D eigenvalue weighted by atomic mass is 35.5. The van der Waals surface area contributed by atoms with E-state index >= 15 is 0 Å². The summed E-state index contributed by atoms with van der Waals surface area (Å²) >= 11 is 6.32. The van der Waals surface area contributed by atoms with Gasteiger partial charge in [-0.25, -0.2) is 9.97 Å². The molecule has 2 aromatic carbocycles. The Morgan fingerprint density at radius 2 is 1.25 bits per heavy atom. The summed E-state index contributed by atoms with van der Waals surface area (Å²) < 4.78 is 5.43. The number of rotatable bonds is 23. The lowest BCUT2D eigenvalue weighted by Gasteiger charge is -2.22. The van der Waals surface area contributed by atoms with E-state index in [2.05, 4.69) is 34.2 Å². The number of nitrogens with zero attached hydrogens (tertiary/aromatic N) is 4. The number of phenols is 1. The van der Waals surface area contributed by atoms with E-state index in [1.165, 1.54) is 109 Å². The van der Waals surface area contributed by atoms with Crippen molar-refractivity contribution < 1.29 is 19.7 Å². The maximum Gasteiger partial charge on any atom is 0.303 e. The van der Waals surface area contributed by atoms with Crippen LogP contribution in [0.15, 0.2) is 42.5 Å². The van der Waals surface area contributed by atoms with Crippen molar-refractivity contribution in [1.29, 1.82) is 0 Å². The number of methoxy groups -OCH3 is 1. The SMILES string of the molecule is CCCCCCCCCCCCCCCCCC(=O)O.COc1ccc2nc3cc(Cl)ccc3c(Nc3cc(CN4CCCC4)c(O)c(CN4CCCC4)c3)c2n1. The molecule has 57 heavy (non-hydrogen) atoms. The van der Waals surface area contributed by atoms with E-state index in [-0.39, 0.29) is 0 Å². The number of aromatic nitrogens is 2. The zero-order valence-corrected chi connectivity index (χ0v) is 35.6. The zero-order valence-electron chi connectivity index (χ0n) is 34.8. The van der Waals surface area contributed by atoms with Gasteiger partial charge in [-0.05, 0) is 94.7 Å². The van der Waals surface area contributed by atoms with Gasteiger partial charge in [0, 0.05) is 52.8 Å². The lowest BCUT2D eigenvalue weighted by atomic mass is 10.0. The number of benzene rings is 2. The normalized spacial score (nSPS) is 14.6. The van der Waals surface area contributed by atoms with E-state index < -0.39 is 5.97 Å². The molecule has 4 heterocycles. The van der Waals surface area contributed by atoms with E-state index in [1.807, 2.05) is 30.3 Å². The molecule has 0 bridgehead atoms. The predicted octanol–water partition coefficient (Wildman–Crippen LogP) is 12.4. The Kier molecular flexibility index (Phi) is 19.0. The lowest BCUT2D eigenvalue weighted by Crippen LogP contribution is -2.20. The van der Waals surface area contributed by atoms with Gasteiger partial charge in [0.15, 0.2) is 0 Å². The molecule has 2 aliphatic heterocycles. The first kappa shape index (κ1) is 44.4. The van der Waals surface area contributed by atoms with Crippen LogP contribution in [0.1, 0.15) is 146 Å². The minimum atomic E-state index is -0.653. The first-order valence-electron chi connectivity index (χ1n) is 22.1. The van der Waals surface area contributed by atoms with Crippen LogP contribution in [0.25, 0.3) is 21.9 Å². The van der Waals surface area contributed by atoms with Gasteiger partial charge in [-0.2, -0.15) is 0 Å². The van der Waals surface area contributed by atoms with Crippen LogP contribution in [0.4, 0.5) is 11.4 Å². The van der Waals surface area contributed by atoms with Crippen molar-refractivity contribution in [2.45, 2.75) is 148 Å². The second-order valence-electron chi connectivity index (χ2n) is 16.2. The summed E-state index contributed by atoms with van der Waals surface area (Å²) in [5.74, 6) is 0.292. The number of anilines is 2. The molecule has 3 N–H and O–H groups in total. The van der Waals surface area contributed by atoms with Gasteiger partial charge in [-0.15, -0.1) is 0 Å². The Hall–Kier alpha value is -3.66. The third-order valence-corrected chi connectivity index (χ3v) is 11.7. The number of pyridine rings is 2. The molecule has 0 radical (unpaired) electrons. The molecule has 2 aliphatic rings. The molecule has 0 atom stereocenters. The minimum Gasteiger partial charge on any atom is -0.507 e. The van der Waals surface area contributed by atoms with Crippen LogP contribution in [-0.4, -0.2) is 69.2 Å². The van der Waals surface area contributed by atoms with Crippen LogP contribution >= 0.6 is 11.6 Å². The summed E-state index contributed by atoms with van der Waals surface area (Å²) in [6.45, 7) is 8.05. The molecule has 2 saturated heterocycles. The van der Waals surface area contributed by atoms with E-state index in [4.69, 9.17) is 31.4 Å². The number of hydrogen-bond donors (Lipinski definition) is 3. The molecule has 6 rings (SSSR count). The van der Waals surface area contributed by atoms with Gasteiger partial charge < -0.3 is 20.3 Å². The van der Waals surface area contributed by atoms with Gasteiger partial charge in [0.2, 0.25) is 5.88 Å². The van der Waals surface area contributed by atoms with E-state index in [9.17, 15) is 9.90 Å². The summed E-state index contributed by atoms with van der Waals surface area (Å²) in [6.07, 6.45) is 25.0. The van der Waals surface area contributed by atoms with Crippen LogP contribution in [-0.2, 0) is 17.9 Å². The van der Waals surface area contributed by atoms with Gasteiger partial charge in [0.1, 0.15) is 11.3 Å². The number of unbranched alkanes of at least 4 members (excludes halogenated alkanes) is 14. The summed E-state index contributed by atoms with van der Waals surface area (Å²) in [6, 6.07) is 13.6. The molecule has 0 amide bonds. The predicted molar refractivity (Wildman–Crippen MR) is 236 cm³/mol. The van der Waals surface area contributed by atoms with E-state index in [1.54, 1.807) is 7.11 Å². The fourth-order valence-electron chi connectivity index (χ4n) is 8.24. The Bertz CT molecular complexity index is 1790. The Morgan fingerprint density at radius 3 is 1.75 bits per heavy atom. The van der Waals surface area contributed by atoms with Crippen LogP contribution in [0.3, 0.4) is 0 Å². The number of nitrogens with one attached hydrogen (secondary N) is 1. The van der Waals surface area contributed by atoms with Gasteiger partial charge in [0.05, 0.1) is 23.8 Å². The number of carboxylic acid groups (broad SMARTS) is 1. The highest BCUT2D eigenvalue weighted by Gasteiger charge is 2.21. The van der Waals surface area contributed by atoms with Crippen LogP contribution in [0, 0.1) is 0 Å². The lowest BCUT2D eigenvalue weighted by molar-refractivity contribution is -0.137. The van der Waals surface area contributed by atoms with Crippen molar-refractivity contribution in [3.8, 4) is 11.6 Å². The number of fused-ring (bicyclic) bond motifs is 2. The van der Waals surface area contributed by atoms with Crippen molar-refractivity contribution in [3.05, 3.63) is 58.6 Å². The smallest absolute Gasteiger partial charge is 0.303 e. The highest BCUT2D eigenvalue weighted by Crippen LogP contribution is 2.37. The van der Waals surface area contributed by atoms with Crippen molar-refractivity contribution >= 4 is 50.9 Å². The molecule has 0 unspecified atom stereocenters. The van der Waals surface area contributed by atoms with Gasteiger partial charge in [0.25, 0.3) is 0 Å². The molecule has 0 saturated carbocycles. The highest BCUT2D eigenvalue weighted by molar-refractivity contribution is 6.31. The van der Waals surface area contributed by atoms with Crippen molar-refractivity contribution in [3.63, 3.8) is 0 Å². The average Bonchev–Trinajstić information content (AvgIpc) is 3.93. The van der Waals surface area contributed by atoms with Crippen LogP contribution in [0.2, 0.25) is 5.02 Å². The maximum atomic E-state index is 11.3. The van der Waals surface area contributed by atoms with Gasteiger partial charge in [-0.1, -0.05) is 108 Å². The summed E-state index contributed by atoms with van der Waals surface area (Å²) in [4.78, 5) is 24.7. The third kappa shape index (κ3) is 14.6. The Morgan fingerprint density at radius 1 is 0.719 bits per heavy atom. The summed E-state index contributed by atoms with van der Waals surface area (Å²) in [5.41, 5.74) is 5.96. The van der Waals surface area contributed by atoms with Crippen molar-refractivity contribution in [2.75, 3.05) is 38.6 Å². The van der Waals surface area contributed by atoms with Gasteiger partial charge in [-0.3, -0.25) is 14.6 Å². The Labute approximate surface area is 346 Å². The van der Waals surface area contributed by atoms with Crippen molar-refractivity contribution in [2.24, 2.45) is 0 Å². The molecule has 0 aliphatic carbocycles. The molecule has 4 aromatic rings. The molecule has 10 heteroatoms. The second kappa shape index (κ2) is 24.3. The molecular weight excluding hydrogens is 734 g/mol. The number of phenolic OH excluding ortho intramolecular Hbond substituents is 1. The fourth-order valence-corrected chi connectivity index (χ4v) is 8.41. The third-order valence-electron chi connectivity index (χ3n) is 11.5. The molecule has 312 valence electrons. The summed E-state index contributed by atoms with van der Waals surface area (Å²) in [7, 11) is 1.62. The fraction of sp³-hybridized carbons (Fsp3) is 0.596. The molecule has 2 aromatic heterocycles. The number of ether oxygens (including phenoxy) is 1. The number of hydrogen-bond acceptors (Lipinski definition) is 8. The zero-order chi connectivity index (χ0) is 40.2. The standard InChI is InChI=1S/C29H32ClN5O2.C18H36O2/c1-37-26-9-8-24-28(33-26)27(23-7-6-21(30)16-25(23)32-24)31-22-14-19(17-34-10-2-3-11-34)29(36)20(15-22)18-35-12-4-5-13-35;1-2-3-4-5-6-7-8-9-10-11-12-13-14-15-16-17-18(19)20/h6-9,14-16,36H,2-5,10-13,17-18H2,1H3,(H,31,32);2-17H2,1H3,(H,19,20). The second-order valence-corrected chi connectivity index (χ2v) is 16.6. The quantitative estimate of drug-likeness (QED) is 0.0383.